The molecule has 3 heterocycles. The fourth-order valence-corrected chi connectivity index (χ4v) is 3.36. The molecule has 0 atom stereocenters. The SMILES string of the molecule is CS(=O)(=O)Nc1ccc(-c2cnn3ccc(NCc4ccncc4)nc23)cc1. The second-order valence-electron chi connectivity index (χ2n) is 6.30. The van der Waals surface area contributed by atoms with Crippen LogP contribution in [0.3, 0.4) is 0 Å². The maximum atomic E-state index is 11.3. The first-order chi connectivity index (χ1) is 13.5. The van der Waals surface area contributed by atoms with Gasteiger partial charge in [0.25, 0.3) is 0 Å². The summed E-state index contributed by atoms with van der Waals surface area (Å²) in [6.45, 7) is 0.640. The third kappa shape index (κ3) is 4.09. The van der Waals surface area contributed by atoms with Gasteiger partial charge in [-0.2, -0.15) is 5.10 Å². The summed E-state index contributed by atoms with van der Waals surface area (Å²) in [5.74, 6) is 0.737. The summed E-state index contributed by atoms with van der Waals surface area (Å²) in [5, 5.41) is 7.64. The standard InChI is InChI=1S/C19H18N6O2S/c1-28(26,27)24-16-4-2-15(3-5-16)17-13-22-25-11-8-18(23-19(17)25)21-12-14-6-9-20-10-7-14/h2-11,13,24H,12H2,1H3,(H,21,23). The van der Waals surface area contributed by atoms with E-state index in [1.165, 1.54) is 0 Å². The second-order valence-corrected chi connectivity index (χ2v) is 8.05. The molecular formula is C19H18N6O2S. The summed E-state index contributed by atoms with van der Waals surface area (Å²) < 4.78 is 26.8. The van der Waals surface area contributed by atoms with Gasteiger partial charge in [0.15, 0.2) is 5.65 Å². The summed E-state index contributed by atoms with van der Waals surface area (Å²) in [4.78, 5) is 8.68. The number of hydrogen-bond donors (Lipinski definition) is 2. The van der Waals surface area contributed by atoms with Gasteiger partial charge in [0.05, 0.1) is 12.5 Å². The number of nitrogens with zero attached hydrogens (tertiary/aromatic N) is 4. The van der Waals surface area contributed by atoms with E-state index >= 15 is 0 Å². The van der Waals surface area contributed by atoms with E-state index in [1.807, 2.05) is 36.5 Å². The first kappa shape index (κ1) is 17.9. The van der Waals surface area contributed by atoms with Crippen LogP contribution in [0.2, 0.25) is 0 Å². The van der Waals surface area contributed by atoms with Crippen LogP contribution in [0.15, 0.2) is 67.3 Å². The molecule has 0 saturated carbocycles. The van der Waals surface area contributed by atoms with Crippen LogP contribution in [0, 0.1) is 0 Å². The van der Waals surface area contributed by atoms with Crippen LogP contribution in [-0.2, 0) is 16.6 Å². The molecule has 2 N–H and O–H groups in total. The van der Waals surface area contributed by atoms with Gasteiger partial charge >= 0.3 is 0 Å². The summed E-state index contributed by atoms with van der Waals surface area (Å²) in [6, 6.07) is 12.9. The number of hydrogen-bond acceptors (Lipinski definition) is 6. The third-order valence-corrected chi connectivity index (χ3v) is 4.70. The number of fused-ring (bicyclic) bond motifs is 1. The highest BCUT2D eigenvalue weighted by Gasteiger charge is 2.10. The van der Waals surface area contributed by atoms with E-state index < -0.39 is 10.0 Å². The summed E-state index contributed by atoms with van der Waals surface area (Å²) in [7, 11) is -3.30. The first-order valence-electron chi connectivity index (χ1n) is 8.53. The lowest BCUT2D eigenvalue weighted by atomic mass is 10.1. The van der Waals surface area contributed by atoms with E-state index in [-0.39, 0.29) is 0 Å². The van der Waals surface area contributed by atoms with Crippen molar-refractivity contribution in [2.24, 2.45) is 0 Å². The monoisotopic (exact) mass is 394 g/mol. The van der Waals surface area contributed by atoms with Gasteiger partial charge in [0.1, 0.15) is 5.82 Å². The molecule has 0 aliphatic heterocycles. The molecule has 3 aromatic heterocycles. The van der Waals surface area contributed by atoms with Crippen LogP contribution in [0.4, 0.5) is 11.5 Å². The van der Waals surface area contributed by atoms with E-state index in [0.29, 0.717) is 17.9 Å². The number of nitrogens with one attached hydrogen (secondary N) is 2. The van der Waals surface area contributed by atoms with Crippen LogP contribution < -0.4 is 10.0 Å². The third-order valence-electron chi connectivity index (χ3n) is 4.09. The number of aromatic nitrogens is 4. The molecule has 0 amide bonds. The Balaban J connectivity index is 1.59. The average molecular weight is 394 g/mol. The summed E-state index contributed by atoms with van der Waals surface area (Å²) in [6.07, 6.45) is 8.22. The van der Waals surface area contributed by atoms with Crippen molar-refractivity contribution in [2.45, 2.75) is 6.54 Å². The molecule has 4 aromatic rings. The summed E-state index contributed by atoms with van der Waals surface area (Å²) in [5.41, 5.74) is 4.09. The predicted molar refractivity (Wildman–Crippen MR) is 108 cm³/mol. The van der Waals surface area contributed by atoms with E-state index in [1.54, 1.807) is 35.2 Å². The Bertz CT molecular complexity index is 1200. The minimum absolute atomic E-state index is 0.510. The molecule has 0 aliphatic rings. The predicted octanol–water partition coefficient (Wildman–Crippen LogP) is 2.77. The van der Waals surface area contributed by atoms with Gasteiger partial charge in [-0.25, -0.2) is 17.9 Å². The van der Waals surface area contributed by atoms with Crippen molar-refractivity contribution in [2.75, 3.05) is 16.3 Å². The lowest BCUT2D eigenvalue weighted by molar-refractivity contribution is 0.607. The number of benzene rings is 1. The molecular weight excluding hydrogens is 376 g/mol. The van der Waals surface area contributed by atoms with Crippen molar-refractivity contribution in [3.8, 4) is 11.1 Å². The Morgan fingerprint density at radius 2 is 1.79 bits per heavy atom. The van der Waals surface area contributed by atoms with Crippen molar-refractivity contribution < 1.29 is 8.42 Å². The zero-order valence-corrected chi connectivity index (χ0v) is 15.9. The van der Waals surface area contributed by atoms with E-state index in [2.05, 4.69) is 25.1 Å². The average Bonchev–Trinajstić information content (AvgIpc) is 3.10. The van der Waals surface area contributed by atoms with E-state index in [4.69, 9.17) is 0 Å². The number of anilines is 2. The zero-order valence-electron chi connectivity index (χ0n) is 15.1. The lowest BCUT2D eigenvalue weighted by Crippen LogP contribution is -2.09. The first-order valence-corrected chi connectivity index (χ1v) is 10.4. The van der Waals surface area contributed by atoms with Crippen LogP contribution in [0.1, 0.15) is 5.56 Å². The molecule has 0 spiro atoms. The Morgan fingerprint density at radius 3 is 2.50 bits per heavy atom. The van der Waals surface area contributed by atoms with Gasteiger partial charge in [0, 0.05) is 36.4 Å². The molecule has 0 fully saturated rings. The van der Waals surface area contributed by atoms with Gasteiger partial charge < -0.3 is 5.32 Å². The van der Waals surface area contributed by atoms with Crippen molar-refractivity contribution in [1.82, 2.24) is 19.6 Å². The molecule has 28 heavy (non-hydrogen) atoms. The molecule has 142 valence electrons. The largest absolute Gasteiger partial charge is 0.366 e. The Morgan fingerprint density at radius 1 is 1.04 bits per heavy atom. The molecule has 0 bridgehead atoms. The molecule has 0 unspecified atom stereocenters. The van der Waals surface area contributed by atoms with Crippen molar-refractivity contribution >= 4 is 27.2 Å². The molecule has 1 aromatic carbocycles. The highest BCUT2D eigenvalue weighted by Crippen LogP contribution is 2.25. The maximum Gasteiger partial charge on any atom is 0.229 e. The molecule has 0 saturated heterocycles. The van der Waals surface area contributed by atoms with Crippen molar-refractivity contribution in [3.63, 3.8) is 0 Å². The Labute approximate surface area is 162 Å². The number of pyridine rings is 1. The quantitative estimate of drug-likeness (QED) is 0.521. The van der Waals surface area contributed by atoms with Gasteiger partial charge in [0.2, 0.25) is 10.0 Å². The number of rotatable bonds is 6. The van der Waals surface area contributed by atoms with Crippen LogP contribution in [0.5, 0.6) is 0 Å². The van der Waals surface area contributed by atoms with E-state index in [9.17, 15) is 8.42 Å². The van der Waals surface area contributed by atoms with Gasteiger partial charge in [-0.05, 0) is 41.5 Å². The number of sulfonamides is 1. The molecule has 4 rings (SSSR count). The van der Waals surface area contributed by atoms with E-state index in [0.717, 1.165) is 28.8 Å². The molecule has 0 radical (unpaired) electrons. The molecule has 0 aliphatic carbocycles. The zero-order chi connectivity index (χ0) is 19.6. The molecule has 8 nitrogen and oxygen atoms in total. The van der Waals surface area contributed by atoms with Crippen LogP contribution in [0.25, 0.3) is 16.8 Å². The lowest BCUT2D eigenvalue weighted by Gasteiger charge is -2.07. The second kappa shape index (κ2) is 7.28. The highest BCUT2D eigenvalue weighted by atomic mass is 32.2. The van der Waals surface area contributed by atoms with Gasteiger partial charge in [-0.3, -0.25) is 9.71 Å². The minimum Gasteiger partial charge on any atom is -0.366 e. The molecule has 9 heteroatoms. The smallest absolute Gasteiger partial charge is 0.229 e. The fraction of sp³-hybridized carbons (Fsp3) is 0.105. The fourth-order valence-electron chi connectivity index (χ4n) is 2.80. The van der Waals surface area contributed by atoms with Crippen LogP contribution in [-0.4, -0.2) is 34.3 Å². The van der Waals surface area contributed by atoms with Crippen molar-refractivity contribution in [3.05, 3.63) is 72.8 Å². The van der Waals surface area contributed by atoms with Gasteiger partial charge in [-0.15, -0.1) is 0 Å². The highest BCUT2D eigenvalue weighted by molar-refractivity contribution is 7.92. The van der Waals surface area contributed by atoms with Gasteiger partial charge in [-0.1, -0.05) is 12.1 Å². The Kier molecular flexibility index (Phi) is 4.66. The summed E-state index contributed by atoms with van der Waals surface area (Å²) >= 11 is 0. The maximum absolute atomic E-state index is 11.3. The Hall–Kier alpha value is -3.46. The van der Waals surface area contributed by atoms with Crippen molar-refractivity contribution in [1.29, 1.82) is 0 Å². The van der Waals surface area contributed by atoms with Crippen LogP contribution >= 0.6 is 0 Å². The topological polar surface area (TPSA) is 101 Å². The minimum atomic E-state index is -3.30. The normalized spacial score (nSPS) is 11.5.